The SMILES string of the molecule is Cc1ccc(-n2[nH]c(C)c(C=NN3C(=O)c4ccc5c6c(ccc(c46)C3=O)CC5)c2=O)c(C)c1. The van der Waals surface area contributed by atoms with Crippen LogP contribution in [0.1, 0.15) is 54.2 Å². The molecular formula is C27H22N4O3. The highest BCUT2D eigenvalue weighted by atomic mass is 16.2. The van der Waals surface area contributed by atoms with E-state index in [4.69, 9.17) is 0 Å². The molecule has 0 bridgehead atoms. The number of aryl methyl sites for hydroxylation is 5. The van der Waals surface area contributed by atoms with E-state index in [1.165, 1.54) is 22.0 Å². The van der Waals surface area contributed by atoms with Crippen molar-refractivity contribution in [3.63, 3.8) is 0 Å². The lowest BCUT2D eigenvalue weighted by atomic mass is 9.92. The van der Waals surface area contributed by atoms with Crippen LogP contribution in [0.5, 0.6) is 0 Å². The third kappa shape index (κ3) is 2.76. The van der Waals surface area contributed by atoms with E-state index in [1.807, 2.05) is 44.2 Å². The Bertz CT molecular complexity index is 1600. The average molecular weight is 450 g/mol. The van der Waals surface area contributed by atoms with Crippen LogP contribution in [0.2, 0.25) is 0 Å². The van der Waals surface area contributed by atoms with Crippen LogP contribution < -0.4 is 5.56 Å². The molecule has 0 spiro atoms. The Morgan fingerprint density at radius 1 is 0.853 bits per heavy atom. The number of aromatic nitrogens is 2. The number of nitrogens with zero attached hydrogens (tertiary/aromatic N) is 3. The van der Waals surface area contributed by atoms with Crippen LogP contribution in [0.25, 0.3) is 16.5 Å². The first-order valence-corrected chi connectivity index (χ1v) is 11.2. The lowest BCUT2D eigenvalue weighted by Gasteiger charge is -2.23. The fourth-order valence-electron chi connectivity index (χ4n) is 5.16. The summed E-state index contributed by atoms with van der Waals surface area (Å²) in [5, 5.41) is 9.89. The molecule has 1 aromatic heterocycles. The van der Waals surface area contributed by atoms with Gasteiger partial charge in [-0.1, -0.05) is 29.8 Å². The maximum absolute atomic E-state index is 13.3. The third-order valence-corrected chi connectivity index (χ3v) is 6.86. The van der Waals surface area contributed by atoms with Gasteiger partial charge in [-0.05, 0) is 73.9 Å². The van der Waals surface area contributed by atoms with E-state index < -0.39 is 11.8 Å². The first-order chi connectivity index (χ1) is 16.3. The molecule has 0 saturated carbocycles. The van der Waals surface area contributed by atoms with Gasteiger partial charge >= 0.3 is 0 Å². The number of hydrogen-bond donors (Lipinski definition) is 1. The lowest BCUT2D eigenvalue weighted by Crippen LogP contribution is -2.36. The molecule has 6 rings (SSSR count). The Kier molecular flexibility index (Phi) is 4.26. The smallest absolute Gasteiger partial charge is 0.282 e. The van der Waals surface area contributed by atoms with Crippen molar-refractivity contribution in [2.75, 3.05) is 0 Å². The average Bonchev–Trinajstić information content (AvgIpc) is 3.35. The summed E-state index contributed by atoms with van der Waals surface area (Å²) in [5.41, 5.74) is 6.65. The quantitative estimate of drug-likeness (QED) is 0.378. The summed E-state index contributed by atoms with van der Waals surface area (Å²) < 4.78 is 1.46. The number of benzene rings is 3. The van der Waals surface area contributed by atoms with E-state index in [1.54, 1.807) is 19.1 Å². The Hall–Kier alpha value is -4.26. The van der Waals surface area contributed by atoms with Crippen molar-refractivity contribution in [3.8, 4) is 5.69 Å². The van der Waals surface area contributed by atoms with Crippen molar-refractivity contribution in [1.82, 2.24) is 14.8 Å². The number of carbonyl (C=O) groups excluding carboxylic acids is 2. The third-order valence-electron chi connectivity index (χ3n) is 6.86. The zero-order valence-corrected chi connectivity index (χ0v) is 19.1. The van der Waals surface area contributed by atoms with Gasteiger partial charge in [0.25, 0.3) is 17.4 Å². The molecule has 0 atom stereocenters. The van der Waals surface area contributed by atoms with Gasteiger partial charge < -0.3 is 0 Å². The Morgan fingerprint density at radius 2 is 1.50 bits per heavy atom. The summed E-state index contributed by atoms with van der Waals surface area (Å²) >= 11 is 0. The molecule has 34 heavy (non-hydrogen) atoms. The van der Waals surface area contributed by atoms with Crippen LogP contribution >= 0.6 is 0 Å². The number of hydrogen-bond acceptors (Lipinski definition) is 4. The molecule has 1 aliphatic heterocycles. The second-order valence-corrected chi connectivity index (χ2v) is 9.04. The summed E-state index contributed by atoms with van der Waals surface area (Å²) in [5.74, 6) is -0.959. The molecule has 3 aromatic carbocycles. The lowest BCUT2D eigenvalue weighted by molar-refractivity contribution is 0.0616. The number of rotatable bonds is 3. The summed E-state index contributed by atoms with van der Waals surface area (Å²) in [6.45, 7) is 5.70. The van der Waals surface area contributed by atoms with Crippen LogP contribution in [0.4, 0.5) is 0 Å². The molecule has 2 aliphatic rings. The Labute approximate surface area is 195 Å². The van der Waals surface area contributed by atoms with Crippen molar-refractivity contribution in [2.45, 2.75) is 33.6 Å². The van der Waals surface area contributed by atoms with Gasteiger partial charge in [0, 0.05) is 11.1 Å². The van der Waals surface area contributed by atoms with Crippen LogP contribution in [-0.2, 0) is 12.8 Å². The van der Waals surface area contributed by atoms with Gasteiger partial charge in [0.15, 0.2) is 0 Å². The highest BCUT2D eigenvalue weighted by Gasteiger charge is 2.35. The number of amides is 2. The molecule has 2 amide bonds. The second-order valence-electron chi connectivity index (χ2n) is 9.04. The summed E-state index contributed by atoms with van der Waals surface area (Å²) in [6, 6.07) is 13.3. The first kappa shape index (κ1) is 20.4. The first-order valence-electron chi connectivity index (χ1n) is 11.2. The molecule has 0 saturated heterocycles. The number of nitrogens with one attached hydrogen (secondary N) is 1. The minimum absolute atomic E-state index is 0.292. The maximum Gasteiger partial charge on any atom is 0.282 e. The Balaban J connectivity index is 1.41. The van der Waals surface area contributed by atoms with E-state index in [9.17, 15) is 14.4 Å². The molecule has 7 nitrogen and oxygen atoms in total. The molecule has 1 N–H and O–H groups in total. The molecule has 7 heteroatoms. The van der Waals surface area contributed by atoms with Crippen molar-refractivity contribution in [1.29, 1.82) is 0 Å². The van der Waals surface area contributed by atoms with E-state index in [-0.39, 0.29) is 5.56 Å². The number of imide groups is 1. The molecule has 168 valence electrons. The van der Waals surface area contributed by atoms with E-state index in [0.29, 0.717) is 22.4 Å². The predicted octanol–water partition coefficient (Wildman–Crippen LogP) is 3.97. The predicted molar refractivity (Wildman–Crippen MR) is 130 cm³/mol. The molecule has 0 unspecified atom stereocenters. The van der Waals surface area contributed by atoms with Crippen LogP contribution in [0.15, 0.2) is 52.4 Å². The number of hydrazone groups is 1. The summed E-state index contributed by atoms with van der Waals surface area (Å²) in [6.07, 6.45) is 3.13. The normalized spacial score (nSPS) is 14.7. The van der Waals surface area contributed by atoms with Gasteiger partial charge in [0.2, 0.25) is 0 Å². The van der Waals surface area contributed by atoms with E-state index in [0.717, 1.165) is 45.4 Å². The topological polar surface area (TPSA) is 87.5 Å². The van der Waals surface area contributed by atoms with Gasteiger partial charge in [0.05, 0.1) is 28.6 Å². The van der Waals surface area contributed by atoms with E-state index >= 15 is 0 Å². The second kappa shape index (κ2) is 7.12. The summed E-state index contributed by atoms with van der Waals surface area (Å²) in [7, 11) is 0. The van der Waals surface area contributed by atoms with Gasteiger partial charge in [0.1, 0.15) is 0 Å². The zero-order valence-electron chi connectivity index (χ0n) is 19.1. The van der Waals surface area contributed by atoms with Gasteiger partial charge in [-0.2, -0.15) is 10.1 Å². The highest BCUT2D eigenvalue weighted by molar-refractivity contribution is 6.26. The number of H-pyrrole nitrogens is 1. The van der Waals surface area contributed by atoms with Crippen LogP contribution in [0, 0.1) is 20.8 Å². The summed E-state index contributed by atoms with van der Waals surface area (Å²) in [4.78, 5) is 39.7. The largest absolute Gasteiger partial charge is 0.295 e. The van der Waals surface area contributed by atoms with Gasteiger partial charge in [-0.15, -0.1) is 0 Å². The van der Waals surface area contributed by atoms with Crippen molar-refractivity contribution in [3.05, 3.63) is 97.5 Å². The molecule has 0 radical (unpaired) electrons. The van der Waals surface area contributed by atoms with Crippen LogP contribution in [0.3, 0.4) is 0 Å². The molecule has 2 heterocycles. The standard InChI is InChI=1S/C27H22N4O3/c1-14-4-11-22(15(2)12-14)30-27(34)21(16(3)29-30)13-28-31-25(32)19-9-7-17-5-6-18-8-10-20(26(31)33)24(19)23(17)18/h4,7-13,29H,5-6H2,1-3H3. The Morgan fingerprint density at radius 3 is 2.12 bits per heavy atom. The molecular weight excluding hydrogens is 428 g/mol. The fraction of sp³-hybridized carbons (Fsp3) is 0.185. The zero-order chi connectivity index (χ0) is 23.7. The van der Waals surface area contributed by atoms with Crippen molar-refractivity contribution >= 4 is 28.8 Å². The number of aromatic amines is 1. The number of carbonyl (C=O) groups is 2. The van der Waals surface area contributed by atoms with Crippen molar-refractivity contribution < 1.29 is 9.59 Å². The minimum atomic E-state index is -0.479. The fourth-order valence-corrected chi connectivity index (χ4v) is 5.16. The van der Waals surface area contributed by atoms with Crippen LogP contribution in [-0.4, -0.2) is 32.8 Å². The maximum atomic E-state index is 13.3. The highest BCUT2D eigenvalue weighted by Crippen LogP contribution is 2.38. The van der Waals surface area contributed by atoms with E-state index in [2.05, 4.69) is 10.2 Å². The monoisotopic (exact) mass is 450 g/mol. The van der Waals surface area contributed by atoms with Gasteiger partial charge in [-0.3, -0.25) is 19.5 Å². The molecule has 4 aromatic rings. The minimum Gasteiger partial charge on any atom is -0.295 e. The molecule has 0 fully saturated rings. The molecule has 1 aliphatic carbocycles. The van der Waals surface area contributed by atoms with Gasteiger partial charge in [-0.25, -0.2) is 4.68 Å². The van der Waals surface area contributed by atoms with Crippen molar-refractivity contribution in [2.24, 2.45) is 5.10 Å².